The van der Waals surface area contributed by atoms with Crippen molar-refractivity contribution in [2.45, 2.75) is 69.0 Å². The van der Waals surface area contributed by atoms with E-state index in [1.54, 1.807) is 0 Å². The first-order valence-electron chi connectivity index (χ1n) is 7.53. The molecule has 3 aliphatic carbocycles. The number of rotatable bonds is 5. The van der Waals surface area contributed by atoms with Crippen LogP contribution in [-0.2, 0) is 14.3 Å². The van der Waals surface area contributed by atoms with Crippen molar-refractivity contribution in [1.82, 2.24) is 10.6 Å². The van der Waals surface area contributed by atoms with E-state index in [2.05, 4.69) is 15.4 Å². The summed E-state index contributed by atoms with van der Waals surface area (Å²) < 4.78 is 40.1. The van der Waals surface area contributed by atoms with Crippen molar-refractivity contribution < 1.29 is 27.5 Å². The molecule has 0 aromatic heterocycles. The summed E-state index contributed by atoms with van der Waals surface area (Å²) >= 11 is 0. The summed E-state index contributed by atoms with van der Waals surface area (Å²) in [6, 6.07) is -0.246. The van der Waals surface area contributed by atoms with Crippen LogP contribution in [0.5, 0.6) is 0 Å². The quantitative estimate of drug-likeness (QED) is 0.757. The molecule has 0 aromatic rings. The molecule has 3 rings (SSSR count). The van der Waals surface area contributed by atoms with E-state index in [4.69, 9.17) is 0 Å². The van der Waals surface area contributed by atoms with Crippen molar-refractivity contribution in [2.75, 3.05) is 0 Å². The topological polar surface area (TPSA) is 67.4 Å². The number of hydrogen-bond acceptors (Lipinski definition) is 3. The van der Waals surface area contributed by atoms with Gasteiger partial charge in [-0.3, -0.25) is 14.3 Å². The zero-order valence-corrected chi connectivity index (χ0v) is 12.0. The Hall–Kier alpha value is -1.31. The number of amides is 2. The van der Waals surface area contributed by atoms with Gasteiger partial charge in [-0.25, -0.2) is 0 Å². The van der Waals surface area contributed by atoms with Crippen LogP contribution in [0, 0.1) is 5.41 Å². The van der Waals surface area contributed by atoms with E-state index in [0.717, 1.165) is 25.7 Å². The molecule has 0 unspecified atom stereocenters. The molecular weight excluding hydrogens is 301 g/mol. The molecular formula is C14H19F3N2O3. The maximum atomic E-state index is 12.5. The van der Waals surface area contributed by atoms with Crippen LogP contribution in [0.25, 0.3) is 0 Å². The van der Waals surface area contributed by atoms with Crippen LogP contribution in [0.2, 0.25) is 0 Å². The molecule has 8 heteroatoms. The Balaban J connectivity index is 1.49. The molecule has 0 aromatic carbocycles. The predicted octanol–water partition coefficient (Wildman–Crippen LogP) is 1.62. The lowest BCUT2D eigenvalue weighted by molar-refractivity contribution is -0.351. The second kappa shape index (κ2) is 5.11. The van der Waals surface area contributed by atoms with Crippen molar-refractivity contribution in [3.05, 3.63) is 0 Å². The second-order valence-electron chi connectivity index (χ2n) is 6.83. The predicted molar refractivity (Wildman–Crippen MR) is 69.5 cm³/mol. The number of fused-ring (bicyclic) bond motifs is 2. The highest BCUT2D eigenvalue weighted by molar-refractivity contribution is 5.84. The number of ether oxygens (including phenoxy) is 1. The number of carbonyl (C=O) groups is 2. The monoisotopic (exact) mass is 320 g/mol. The third-order valence-electron chi connectivity index (χ3n) is 5.42. The molecule has 3 fully saturated rings. The van der Waals surface area contributed by atoms with Gasteiger partial charge in [0.15, 0.2) is 0 Å². The number of hydrogen-bond donors (Lipinski definition) is 2. The first-order chi connectivity index (χ1) is 10.3. The fourth-order valence-electron chi connectivity index (χ4n) is 4.14. The van der Waals surface area contributed by atoms with Crippen molar-refractivity contribution in [3.8, 4) is 0 Å². The lowest BCUT2D eigenvalue weighted by atomic mass is 9.81. The van der Waals surface area contributed by atoms with E-state index in [-0.39, 0.29) is 30.3 Å². The van der Waals surface area contributed by atoms with Gasteiger partial charge >= 0.3 is 6.36 Å². The summed E-state index contributed by atoms with van der Waals surface area (Å²) in [4.78, 5) is 23.2. The lowest BCUT2D eigenvalue weighted by Crippen LogP contribution is -2.52. The summed E-state index contributed by atoms with van der Waals surface area (Å²) in [5.74, 6) is -0.0879. The van der Waals surface area contributed by atoms with Crippen molar-refractivity contribution >= 4 is 12.3 Å². The third-order valence-corrected chi connectivity index (χ3v) is 5.42. The average Bonchev–Trinajstić information content (AvgIpc) is 2.92. The fraction of sp³-hybridized carbons (Fsp3) is 0.857. The summed E-state index contributed by atoms with van der Waals surface area (Å²) in [5.41, 5.74) is -0.730. The minimum Gasteiger partial charge on any atom is -0.353 e. The highest BCUT2D eigenvalue weighted by atomic mass is 19.4. The Morgan fingerprint density at radius 1 is 1.18 bits per heavy atom. The van der Waals surface area contributed by atoms with Gasteiger partial charge in [-0.1, -0.05) is 0 Å². The van der Waals surface area contributed by atoms with E-state index in [0.29, 0.717) is 12.8 Å². The van der Waals surface area contributed by atoms with Crippen LogP contribution in [0.3, 0.4) is 0 Å². The van der Waals surface area contributed by atoms with Crippen LogP contribution >= 0.6 is 0 Å². The van der Waals surface area contributed by atoms with Gasteiger partial charge in [0.2, 0.25) is 12.3 Å². The Bertz CT molecular complexity index is 466. The maximum absolute atomic E-state index is 12.5. The van der Waals surface area contributed by atoms with Gasteiger partial charge in [0.05, 0.1) is 11.5 Å². The molecule has 22 heavy (non-hydrogen) atoms. The molecule has 2 N–H and O–H groups in total. The molecule has 0 radical (unpaired) electrons. The average molecular weight is 320 g/mol. The van der Waals surface area contributed by atoms with E-state index < -0.39 is 17.9 Å². The number of halogens is 3. The molecule has 2 amide bonds. The van der Waals surface area contributed by atoms with Crippen LogP contribution in [0.4, 0.5) is 13.2 Å². The van der Waals surface area contributed by atoms with Gasteiger partial charge in [0.25, 0.3) is 0 Å². The largest absolute Gasteiger partial charge is 0.522 e. The van der Waals surface area contributed by atoms with Gasteiger partial charge in [0, 0.05) is 11.6 Å². The number of alkyl halides is 3. The molecule has 2 bridgehead atoms. The Labute approximate surface area is 125 Å². The van der Waals surface area contributed by atoms with Crippen LogP contribution in [0.1, 0.15) is 44.9 Å². The minimum atomic E-state index is -4.62. The molecule has 124 valence electrons. The molecule has 0 atom stereocenters. The lowest BCUT2D eigenvalue weighted by Gasteiger charge is -2.38. The minimum absolute atomic E-state index is 0.0879. The molecule has 0 heterocycles. The van der Waals surface area contributed by atoms with Gasteiger partial charge < -0.3 is 10.6 Å². The Morgan fingerprint density at radius 3 is 2.36 bits per heavy atom. The van der Waals surface area contributed by atoms with Crippen molar-refractivity contribution in [1.29, 1.82) is 0 Å². The van der Waals surface area contributed by atoms with Crippen molar-refractivity contribution in [3.63, 3.8) is 0 Å². The molecule has 0 aliphatic heterocycles. The van der Waals surface area contributed by atoms with E-state index >= 15 is 0 Å². The molecule has 3 saturated carbocycles. The van der Waals surface area contributed by atoms with Crippen LogP contribution in [-0.4, -0.2) is 36.4 Å². The zero-order chi connectivity index (χ0) is 16.0. The summed E-state index contributed by atoms with van der Waals surface area (Å²) in [5, 5.41) is 5.69. The van der Waals surface area contributed by atoms with E-state index in [1.807, 2.05) is 0 Å². The summed E-state index contributed by atoms with van der Waals surface area (Å²) in [6.07, 6.45) is -0.778. The van der Waals surface area contributed by atoms with Crippen molar-refractivity contribution in [2.24, 2.45) is 5.41 Å². The molecule has 0 spiro atoms. The Morgan fingerprint density at radius 2 is 1.82 bits per heavy atom. The summed E-state index contributed by atoms with van der Waals surface area (Å²) in [7, 11) is 0. The first-order valence-corrected chi connectivity index (χ1v) is 7.53. The standard InChI is InChI=1S/C14H19F3N2O3/c15-14(16,17)22-10-5-9(6-10)19-11(21)12-1-3-13(7-12,4-2-12)18-8-20/h8-10H,1-7H2,(H,18,20)(H,19,21). The van der Waals surface area contributed by atoms with Crippen LogP contribution < -0.4 is 10.6 Å². The first kappa shape index (κ1) is 15.6. The zero-order valence-electron chi connectivity index (χ0n) is 12.0. The van der Waals surface area contributed by atoms with Gasteiger partial charge in [-0.2, -0.15) is 0 Å². The number of nitrogens with one attached hydrogen (secondary N) is 2. The number of carbonyl (C=O) groups excluding carboxylic acids is 2. The highest BCUT2D eigenvalue weighted by Crippen LogP contribution is 2.56. The highest BCUT2D eigenvalue weighted by Gasteiger charge is 2.58. The Kier molecular flexibility index (Phi) is 3.62. The van der Waals surface area contributed by atoms with Crippen LogP contribution in [0.15, 0.2) is 0 Å². The SMILES string of the molecule is O=CNC12CCC(C(=O)NC3CC(OC(F)(F)F)C3)(CC1)C2. The van der Waals surface area contributed by atoms with Gasteiger partial charge in [0.1, 0.15) is 0 Å². The summed E-state index contributed by atoms with van der Waals surface area (Å²) in [6.45, 7) is 0. The normalized spacial score (nSPS) is 40.1. The molecule has 5 nitrogen and oxygen atoms in total. The van der Waals surface area contributed by atoms with E-state index in [1.165, 1.54) is 0 Å². The molecule has 3 aliphatic rings. The van der Waals surface area contributed by atoms with E-state index in [9.17, 15) is 22.8 Å². The molecule has 0 saturated heterocycles. The third kappa shape index (κ3) is 2.80. The second-order valence-corrected chi connectivity index (χ2v) is 6.83. The maximum Gasteiger partial charge on any atom is 0.522 e. The van der Waals surface area contributed by atoms with Gasteiger partial charge in [-0.15, -0.1) is 13.2 Å². The smallest absolute Gasteiger partial charge is 0.353 e. The van der Waals surface area contributed by atoms with Gasteiger partial charge in [-0.05, 0) is 44.9 Å². The fourth-order valence-corrected chi connectivity index (χ4v) is 4.14.